The van der Waals surface area contributed by atoms with Crippen molar-refractivity contribution in [1.82, 2.24) is 5.32 Å². The van der Waals surface area contributed by atoms with Crippen LogP contribution in [0.5, 0.6) is 0 Å². The lowest BCUT2D eigenvalue weighted by Gasteiger charge is -2.14. The Labute approximate surface area is 118 Å². The fourth-order valence-electron chi connectivity index (χ4n) is 2.08. The first-order valence-electron chi connectivity index (χ1n) is 6.69. The molecule has 0 aliphatic carbocycles. The van der Waals surface area contributed by atoms with E-state index in [1.165, 1.54) is 0 Å². The molecular formula is C16H18N2O2. The molecule has 2 N–H and O–H groups in total. The number of hydrogen-bond acceptors (Lipinski definition) is 2. The fourth-order valence-corrected chi connectivity index (χ4v) is 2.08. The van der Waals surface area contributed by atoms with E-state index in [4.69, 9.17) is 0 Å². The number of hydrogen-bond donors (Lipinski definition) is 2. The highest BCUT2D eigenvalue weighted by Gasteiger charge is 2.13. The molecule has 104 valence electrons. The third-order valence-corrected chi connectivity index (χ3v) is 3.22. The average molecular weight is 270 g/mol. The number of benzene rings is 2. The molecule has 1 atom stereocenters. The molecule has 0 aliphatic rings. The van der Waals surface area contributed by atoms with Crippen LogP contribution in [0.4, 0.5) is 10.5 Å². The molecule has 0 bridgehead atoms. The van der Waals surface area contributed by atoms with Crippen LogP contribution in [0.15, 0.2) is 42.5 Å². The molecule has 0 fully saturated rings. The van der Waals surface area contributed by atoms with Crippen molar-refractivity contribution in [2.24, 2.45) is 0 Å². The van der Waals surface area contributed by atoms with Crippen molar-refractivity contribution >= 4 is 28.3 Å². The summed E-state index contributed by atoms with van der Waals surface area (Å²) in [6, 6.07) is 12.7. The van der Waals surface area contributed by atoms with E-state index in [0.717, 1.165) is 16.5 Å². The van der Waals surface area contributed by atoms with Crippen LogP contribution in [-0.4, -0.2) is 17.9 Å². The monoisotopic (exact) mass is 270 g/mol. The van der Waals surface area contributed by atoms with E-state index in [1.807, 2.05) is 42.5 Å². The predicted molar refractivity (Wildman–Crippen MR) is 80.9 cm³/mol. The van der Waals surface area contributed by atoms with Gasteiger partial charge in [-0.05, 0) is 18.4 Å². The van der Waals surface area contributed by atoms with E-state index < -0.39 is 6.04 Å². The van der Waals surface area contributed by atoms with Gasteiger partial charge < -0.3 is 10.6 Å². The second-order valence-corrected chi connectivity index (χ2v) is 4.67. The smallest absolute Gasteiger partial charge is 0.319 e. The van der Waals surface area contributed by atoms with Crippen molar-refractivity contribution in [3.05, 3.63) is 42.5 Å². The molecule has 4 nitrogen and oxygen atoms in total. The van der Waals surface area contributed by atoms with Crippen LogP contribution >= 0.6 is 0 Å². The summed E-state index contributed by atoms with van der Waals surface area (Å²) in [7, 11) is 0. The van der Waals surface area contributed by atoms with Crippen LogP contribution < -0.4 is 10.6 Å². The Hall–Kier alpha value is -2.36. The molecule has 2 aromatic rings. The lowest BCUT2D eigenvalue weighted by molar-refractivity contribution is -0.120. The zero-order chi connectivity index (χ0) is 14.5. The number of carbonyl (C=O) groups excluding carboxylic acids is 2. The largest absolute Gasteiger partial charge is 0.328 e. The van der Waals surface area contributed by atoms with Crippen LogP contribution in [0.3, 0.4) is 0 Å². The maximum Gasteiger partial charge on any atom is 0.319 e. The minimum absolute atomic E-state index is 0.0121. The molecule has 0 spiro atoms. The van der Waals surface area contributed by atoms with Crippen LogP contribution in [0.1, 0.15) is 20.3 Å². The fraction of sp³-hybridized carbons (Fsp3) is 0.250. The van der Waals surface area contributed by atoms with E-state index in [9.17, 15) is 9.59 Å². The van der Waals surface area contributed by atoms with Gasteiger partial charge in [0, 0.05) is 11.8 Å². The zero-order valence-electron chi connectivity index (χ0n) is 11.6. The number of anilines is 1. The summed E-state index contributed by atoms with van der Waals surface area (Å²) in [6.45, 7) is 3.47. The molecule has 0 saturated carbocycles. The summed E-state index contributed by atoms with van der Waals surface area (Å²) < 4.78 is 0. The first-order chi connectivity index (χ1) is 9.61. The van der Waals surface area contributed by atoms with Crippen LogP contribution in [0.25, 0.3) is 10.8 Å². The predicted octanol–water partition coefficient (Wildman–Crippen LogP) is 3.33. The van der Waals surface area contributed by atoms with Gasteiger partial charge in [-0.25, -0.2) is 4.79 Å². The first kappa shape index (κ1) is 14.1. The Morgan fingerprint density at radius 2 is 1.80 bits per heavy atom. The molecule has 1 unspecified atom stereocenters. The summed E-state index contributed by atoms with van der Waals surface area (Å²) in [5.41, 5.74) is 0.733. The highest BCUT2D eigenvalue weighted by Crippen LogP contribution is 2.22. The van der Waals surface area contributed by atoms with E-state index in [1.54, 1.807) is 13.8 Å². The van der Waals surface area contributed by atoms with Crippen LogP contribution in [0.2, 0.25) is 0 Å². The van der Waals surface area contributed by atoms with E-state index in [-0.39, 0.29) is 11.8 Å². The number of ketones is 1. The van der Waals surface area contributed by atoms with Gasteiger partial charge in [-0.3, -0.25) is 4.79 Å². The molecule has 0 saturated heterocycles. The molecule has 0 heterocycles. The Morgan fingerprint density at radius 1 is 1.10 bits per heavy atom. The van der Waals surface area contributed by atoms with Crippen molar-refractivity contribution in [3.8, 4) is 0 Å². The minimum atomic E-state index is -0.477. The third-order valence-electron chi connectivity index (χ3n) is 3.22. The van der Waals surface area contributed by atoms with Gasteiger partial charge in [0.05, 0.1) is 11.7 Å². The Kier molecular flexibility index (Phi) is 4.35. The standard InChI is InChI=1S/C16H18N2O2/c1-3-15(19)11(2)17-16(20)18-14-10-6-8-12-7-4-5-9-13(12)14/h4-11H,3H2,1-2H3,(H2,17,18,20). The molecular weight excluding hydrogens is 252 g/mol. The molecule has 2 aromatic carbocycles. The molecule has 0 aromatic heterocycles. The second kappa shape index (κ2) is 6.19. The Morgan fingerprint density at radius 3 is 2.55 bits per heavy atom. The number of carbonyl (C=O) groups is 2. The van der Waals surface area contributed by atoms with Gasteiger partial charge in [0.1, 0.15) is 0 Å². The number of rotatable bonds is 4. The van der Waals surface area contributed by atoms with Gasteiger partial charge in [0.2, 0.25) is 0 Å². The van der Waals surface area contributed by atoms with Crippen molar-refractivity contribution in [2.75, 3.05) is 5.32 Å². The van der Waals surface area contributed by atoms with Gasteiger partial charge in [-0.2, -0.15) is 0 Å². The van der Waals surface area contributed by atoms with Crippen molar-refractivity contribution in [3.63, 3.8) is 0 Å². The van der Waals surface area contributed by atoms with Gasteiger partial charge >= 0.3 is 6.03 Å². The summed E-state index contributed by atoms with van der Waals surface area (Å²) in [6.07, 6.45) is 0.412. The van der Waals surface area contributed by atoms with Crippen LogP contribution in [0, 0.1) is 0 Å². The molecule has 0 aliphatic heterocycles. The third kappa shape index (κ3) is 3.15. The van der Waals surface area contributed by atoms with Gasteiger partial charge in [-0.15, -0.1) is 0 Å². The van der Waals surface area contributed by atoms with Gasteiger partial charge in [0.25, 0.3) is 0 Å². The van der Waals surface area contributed by atoms with E-state index in [2.05, 4.69) is 10.6 Å². The van der Waals surface area contributed by atoms with Gasteiger partial charge in [-0.1, -0.05) is 43.3 Å². The van der Waals surface area contributed by atoms with Gasteiger partial charge in [0.15, 0.2) is 5.78 Å². The number of fused-ring (bicyclic) bond motifs is 1. The summed E-state index contributed by atoms with van der Waals surface area (Å²) in [5, 5.41) is 7.47. The minimum Gasteiger partial charge on any atom is -0.328 e. The summed E-state index contributed by atoms with van der Waals surface area (Å²) in [4.78, 5) is 23.4. The highest BCUT2D eigenvalue weighted by molar-refractivity contribution is 6.02. The molecule has 4 heteroatoms. The van der Waals surface area contributed by atoms with Crippen molar-refractivity contribution < 1.29 is 9.59 Å². The molecule has 0 radical (unpaired) electrons. The maximum atomic E-state index is 11.9. The Balaban J connectivity index is 2.12. The van der Waals surface area contributed by atoms with Crippen molar-refractivity contribution in [2.45, 2.75) is 26.3 Å². The number of urea groups is 1. The van der Waals surface area contributed by atoms with E-state index >= 15 is 0 Å². The van der Waals surface area contributed by atoms with E-state index in [0.29, 0.717) is 6.42 Å². The number of Topliss-reactive ketones (excluding diaryl/α,β-unsaturated/α-hetero) is 1. The SMILES string of the molecule is CCC(=O)C(C)NC(=O)Nc1cccc2ccccc12. The topological polar surface area (TPSA) is 58.2 Å². The summed E-state index contributed by atoms with van der Waals surface area (Å²) in [5.74, 6) is 0.0121. The molecule has 2 amide bonds. The lowest BCUT2D eigenvalue weighted by Crippen LogP contribution is -2.40. The summed E-state index contributed by atoms with van der Waals surface area (Å²) >= 11 is 0. The van der Waals surface area contributed by atoms with Crippen molar-refractivity contribution in [1.29, 1.82) is 0 Å². The zero-order valence-corrected chi connectivity index (χ0v) is 11.6. The molecule has 20 heavy (non-hydrogen) atoms. The Bertz CT molecular complexity index is 632. The average Bonchev–Trinajstić information content (AvgIpc) is 2.46. The second-order valence-electron chi connectivity index (χ2n) is 4.67. The number of amides is 2. The lowest BCUT2D eigenvalue weighted by atomic mass is 10.1. The quantitative estimate of drug-likeness (QED) is 0.895. The first-order valence-corrected chi connectivity index (χ1v) is 6.69. The highest BCUT2D eigenvalue weighted by atomic mass is 16.2. The van der Waals surface area contributed by atoms with Crippen LogP contribution in [-0.2, 0) is 4.79 Å². The maximum absolute atomic E-state index is 11.9. The normalized spacial score (nSPS) is 11.9. The number of nitrogens with one attached hydrogen (secondary N) is 2. The molecule has 2 rings (SSSR count).